The van der Waals surface area contributed by atoms with Gasteiger partial charge in [-0.2, -0.15) is 8.42 Å². The van der Waals surface area contributed by atoms with Crippen molar-refractivity contribution in [2.45, 2.75) is 4.90 Å². The number of carbonyl (C=O) groups is 2. The first-order valence-electron chi connectivity index (χ1n) is 5.00. The lowest BCUT2D eigenvalue weighted by Gasteiger charge is -2.09. The molecule has 0 heterocycles. The number of aliphatic carboxylic acids is 2. The van der Waals surface area contributed by atoms with Crippen molar-refractivity contribution in [3.8, 4) is 11.5 Å². The van der Waals surface area contributed by atoms with E-state index in [4.69, 9.17) is 24.2 Å². The van der Waals surface area contributed by atoms with Crippen LogP contribution in [0.2, 0.25) is 0 Å². The van der Waals surface area contributed by atoms with Crippen molar-refractivity contribution in [2.24, 2.45) is 0 Å². The quantitative estimate of drug-likeness (QED) is 0.585. The third kappa shape index (κ3) is 5.12. The number of carboxylic acid groups (broad SMARTS) is 2. The molecule has 1 aromatic carbocycles. The summed E-state index contributed by atoms with van der Waals surface area (Å²) in [4.78, 5) is 20.1. The number of hydrogen-bond acceptors (Lipinski definition) is 6. The molecule has 0 radical (unpaired) electrons. The molecule has 0 atom stereocenters. The zero-order valence-electron chi connectivity index (χ0n) is 9.85. The fourth-order valence-electron chi connectivity index (χ4n) is 1.15. The van der Waals surface area contributed by atoms with Gasteiger partial charge in [-0.25, -0.2) is 9.59 Å². The Kier molecular flexibility index (Phi) is 4.88. The van der Waals surface area contributed by atoms with Crippen molar-refractivity contribution >= 4 is 22.1 Å². The van der Waals surface area contributed by atoms with Crippen molar-refractivity contribution in [1.29, 1.82) is 0 Å². The Morgan fingerprint density at radius 2 is 1.35 bits per heavy atom. The molecule has 110 valence electrons. The first-order chi connectivity index (χ1) is 9.18. The molecule has 0 saturated heterocycles. The van der Waals surface area contributed by atoms with Crippen LogP contribution in [0.5, 0.6) is 11.5 Å². The first kappa shape index (κ1) is 15.7. The van der Waals surface area contributed by atoms with Gasteiger partial charge >= 0.3 is 11.9 Å². The standard InChI is InChI=1S/C10H10O9S/c11-9(12)4-18-6-1-7(19-5-10(13)14)3-8(2-6)20(15,16)17/h1-3H,4-5H2,(H,11,12)(H,13,14)(H,15,16,17). The van der Waals surface area contributed by atoms with E-state index in [2.05, 4.69) is 0 Å². The van der Waals surface area contributed by atoms with E-state index < -0.39 is 40.2 Å². The zero-order chi connectivity index (χ0) is 15.3. The maximum absolute atomic E-state index is 11.0. The molecule has 10 heteroatoms. The van der Waals surface area contributed by atoms with Crippen LogP contribution in [0.4, 0.5) is 0 Å². The Morgan fingerprint density at radius 1 is 0.950 bits per heavy atom. The molecule has 0 aliphatic heterocycles. The summed E-state index contributed by atoms with van der Waals surface area (Å²) in [6, 6.07) is 2.86. The molecule has 0 bridgehead atoms. The summed E-state index contributed by atoms with van der Waals surface area (Å²) in [5.74, 6) is -3.00. The second-order valence-corrected chi connectivity index (χ2v) is 4.90. The largest absolute Gasteiger partial charge is 0.482 e. The monoisotopic (exact) mass is 306 g/mol. The smallest absolute Gasteiger partial charge is 0.341 e. The van der Waals surface area contributed by atoms with Gasteiger partial charge in [0.15, 0.2) is 13.2 Å². The van der Waals surface area contributed by atoms with E-state index in [0.29, 0.717) is 0 Å². The Morgan fingerprint density at radius 3 is 1.65 bits per heavy atom. The molecule has 0 saturated carbocycles. The van der Waals surface area contributed by atoms with Crippen LogP contribution in [0.3, 0.4) is 0 Å². The highest BCUT2D eigenvalue weighted by molar-refractivity contribution is 7.85. The summed E-state index contributed by atoms with van der Waals surface area (Å²) < 4.78 is 40.5. The maximum atomic E-state index is 11.0. The van der Waals surface area contributed by atoms with Gasteiger partial charge in [-0.15, -0.1) is 0 Å². The van der Waals surface area contributed by atoms with Crippen molar-refractivity contribution < 1.29 is 42.2 Å². The van der Waals surface area contributed by atoms with Gasteiger partial charge in [-0.3, -0.25) is 4.55 Å². The maximum Gasteiger partial charge on any atom is 0.341 e. The average molecular weight is 306 g/mol. The molecular formula is C10H10O9S. The van der Waals surface area contributed by atoms with Crippen molar-refractivity contribution in [1.82, 2.24) is 0 Å². The highest BCUT2D eigenvalue weighted by Gasteiger charge is 2.15. The van der Waals surface area contributed by atoms with Gasteiger partial charge in [0.1, 0.15) is 16.4 Å². The van der Waals surface area contributed by atoms with Gasteiger partial charge in [0.25, 0.3) is 10.1 Å². The van der Waals surface area contributed by atoms with Crippen LogP contribution >= 0.6 is 0 Å². The third-order valence-electron chi connectivity index (χ3n) is 1.88. The predicted molar refractivity (Wildman–Crippen MR) is 62.5 cm³/mol. The number of rotatable bonds is 7. The van der Waals surface area contributed by atoms with Gasteiger partial charge in [-0.1, -0.05) is 0 Å². The van der Waals surface area contributed by atoms with E-state index in [1.807, 2.05) is 0 Å². The van der Waals surface area contributed by atoms with Gasteiger partial charge in [0.2, 0.25) is 0 Å². The summed E-state index contributed by atoms with van der Waals surface area (Å²) in [6.07, 6.45) is 0. The van der Waals surface area contributed by atoms with Crippen molar-refractivity contribution in [3.63, 3.8) is 0 Å². The molecule has 0 unspecified atom stereocenters. The average Bonchev–Trinajstić information content (AvgIpc) is 2.32. The van der Waals surface area contributed by atoms with Crippen molar-refractivity contribution in [3.05, 3.63) is 18.2 Å². The molecule has 0 spiro atoms. The van der Waals surface area contributed by atoms with E-state index in [0.717, 1.165) is 18.2 Å². The van der Waals surface area contributed by atoms with E-state index in [1.165, 1.54) is 0 Å². The van der Waals surface area contributed by atoms with Crippen LogP contribution in [0.1, 0.15) is 0 Å². The summed E-state index contributed by atoms with van der Waals surface area (Å²) >= 11 is 0. The molecule has 0 aliphatic carbocycles. The van der Waals surface area contributed by atoms with Crippen LogP contribution < -0.4 is 9.47 Å². The number of ether oxygens (including phenoxy) is 2. The second kappa shape index (κ2) is 6.21. The highest BCUT2D eigenvalue weighted by Crippen LogP contribution is 2.25. The summed E-state index contributed by atoms with van der Waals surface area (Å²) in [5.41, 5.74) is 0. The lowest BCUT2D eigenvalue weighted by atomic mass is 10.3. The number of hydrogen-bond donors (Lipinski definition) is 3. The van der Waals surface area contributed by atoms with Gasteiger partial charge in [0.05, 0.1) is 0 Å². The minimum atomic E-state index is -4.58. The van der Waals surface area contributed by atoms with Crippen LogP contribution in [-0.2, 0) is 19.7 Å². The molecule has 3 N–H and O–H groups in total. The Hall–Kier alpha value is -2.33. The summed E-state index contributed by atoms with van der Waals surface area (Å²) in [7, 11) is -4.58. The van der Waals surface area contributed by atoms with E-state index in [-0.39, 0.29) is 11.5 Å². The van der Waals surface area contributed by atoms with Gasteiger partial charge < -0.3 is 19.7 Å². The molecule has 0 aromatic heterocycles. The fourth-order valence-corrected chi connectivity index (χ4v) is 1.68. The fraction of sp³-hybridized carbons (Fsp3) is 0.200. The topological polar surface area (TPSA) is 147 Å². The van der Waals surface area contributed by atoms with Crippen molar-refractivity contribution in [2.75, 3.05) is 13.2 Å². The molecule has 1 aromatic rings. The lowest BCUT2D eigenvalue weighted by Crippen LogP contribution is -2.12. The molecule has 9 nitrogen and oxygen atoms in total. The minimum absolute atomic E-state index is 0.206. The van der Waals surface area contributed by atoms with Crippen LogP contribution in [0.25, 0.3) is 0 Å². The third-order valence-corrected chi connectivity index (χ3v) is 2.71. The summed E-state index contributed by atoms with van der Waals surface area (Å²) in [5, 5.41) is 16.9. The Bertz CT molecular complexity index is 583. The lowest BCUT2D eigenvalue weighted by molar-refractivity contribution is -0.140. The number of carboxylic acids is 2. The SMILES string of the molecule is O=C(O)COc1cc(OCC(=O)O)cc(S(=O)(=O)O)c1. The summed E-state index contributed by atoms with van der Waals surface area (Å²) in [6.45, 7) is -1.49. The second-order valence-electron chi connectivity index (χ2n) is 3.48. The minimum Gasteiger partial charge on any atom is -0.482 e. The first-order valence-corrected chi connectivity index (χ1v) is 6.44. The molecule has 1 rings (SSSR count). The molecule has 0 aliphatic rings. The van der Waals surface area contributed by atoms with E-state index in [9.17, 15) is 18.0 Å². The number of benzene rings is 1. The molecular weight excluding hydrogens is 296 g/mol. The zero-order valence-corrected chi connectivity index (χ0v) is 10.7. The van der Waals surface area contributed by atoms with E-state index >= 15 is 0 Å². The highest BCUT2D eigenvalue weighted by atomic mass is 32.2. The van der Waals surface area contributed by atoms with Crippen LogP contribution in [0, 0.1) is 0 Å². The molecule has 0 amide bonds. The molecule has 20 heavy (non-hydrogen) atoms. The van der Waals surface area contributed by atoms with E-state index in [1.54, 1.807) is 0 Å². The van der Waals surface area contributed by atoms with Gasteiger partial charge in [0, 0.05) is 18.2 Å². The Labute approximate surface area is 113 Å². The molecule has 0 fully saturated rings. The predicted octanol–water partition coefficient (Wildman–Crippen LogP) is -0.140. The van der Waals surface area contributed by atoms with Crippen LogP contribution in [0.15, 0.2) is 23.1 Å². The Balaban J connectivity index is 3.07. The van der Waals surface area contributed by atoms with Gasteiger partial charge in [-0.05, 0) is 0 Å². The normalized spacial score (nSPS) is 10.8. The van der Waals surface area contributed by atoms with Crippen LogP contribution in [-0.4, -0.2) is 48.3 Å².